The molecule has 2 aliphatic rings. The molecule has 1 aliphatic heterocycles. The third-order valence-corrected chi connectivity index (χ3v) is 5.29. The lowest BCUT2D eigenvalue weighted by Gasteiger charge is -2.28. The molecule has 0 radical (unpaired) electrons. The Kier molecular flexibility index (Phi) is 2.15. The highest BCUT2D eigenvalue weighted by Gasteiger charge is 2.35. The number of hydrogen-bond donors (Lipinski definition) is 0. The van der Waals surface area contributed by atoms with E-state index < -0.39 is 0 Å². The van der Waals surface area contributed by atoms with Gasteiger partial charge >= 0.3 is 0 Å². The molecule has 0 unspecified atom stereocenters. The van der Waals surface area contributed by atoms with Crippen LogP contribution in [0.1, 0.15) is 43.0 Å². The molecule has 0 N–H and O–H groups in total. The van der Waals surface area contributed by atoms with Crippen molar-refractivity contribution in [2.24, 2.45) is 5.92 Å². The summed E-state index contributed by atoms with van der Waals surface area (Å²) in [6.07, 6.45) is 11.1. The van der Waals surface area contributed by atoms with Crippen molar-refractivity contribution in [3.8, 4) is 11.3 Å². The van der Waals surface area contributed by atoms with Gasteiger partial charge in [0.15, 0.2) is 0 Å². The molecular weight excluding hydrogens is 228 g/mol. The zero-order valence-electron chi connectivity index (χ0n) is 9.80. The summed E-state index contributed by atoms with van der Waals surface area (Å²) in [4.78, 5) is 5.91. The molecule has 2 aromatic rings. The highest BCUT2D eigenvalue weighted by atomic mass is 32.1. The lowest BCUT2D eigenvalue weighted by molar-refractivity contribution is 0.288. The van der Waals surface area contributed by atoms with E-state index in [0.717, 1.165) is 5.92 Å². The van der Waals surface area contributed by atoms with Crippen LogP contribution in [0.4, 0.5) is 0 Å². The molecule has 3 heteroatoms. The maximum atomic E-state index is 4.33. The summed E-state index contributed by atoms with van der Waals surface area (Å²) in [5.41, 5.74) is 2.76. The lowest BCUT2D eigenvalue weighted by atomic mass is 9.83. The topological polar surface area (TPSA) is 17.8 Å². The molecule has 88 valence electrons. The van der Waals surface area contributed by atoms with Crippen molar-refractivity contribution < 1.29 is 0 Å². The first-order valence-corrected chi connectivity index (χ1v) is 7.43. The Labute approximate surface area is 105 Å². The zero-order valence-corrected chi connectivity index (χ0v) is 10.6. The van der Waals surface area contributed by atoms with E-state index in [-0.39, 0.29) is 0 Å². The number of fused-ring (bicyclic) bond motifs is 3. The van der Waals surface area contributed by atoms with Crippen LogP contribution in [-0.4, -0.2) is 9.55 Å². The van der Waals surface area contributed by atoms with Gasteiger partial charge in [0.1, 0.15) is 0 Å². The molecule has 0 bridgehead atoms. The van der Waals surface area contributed by atoms with Crippen LogP contribution in [0.5, 0.6) is 0 Å². The Bertz CT molecular complexity index is 494. The monoisotopic (exact) mass is 244 g/mol. The molecule has 0 amide bonds. The molecule has 4 rings (SSSR count). The molecule has 17 heavy (non-hydrogen) atoms. The number of thiophene rings is 1. The summed E-state index contributed by atoms with van der Waals surface area (Å²) in [6, 6.07) is 2.85. The van der Waals surface area contributed by atoms with E-state index in [1.807, 2.05) is 23.9 Å². The van der Waals surface area contributed by atoms with Crippen LogP contribution in [0.2, 0.25) is 0 Å². The van der Waals surface area contributed by atoms with Gasteiger partial charge in [-0.15, -0.1) is 11.3 Å². The highest BCUT2D eigenvalue weighted by Crippen LogP contribution is 2.49. The Morgan fingerprint density at radius 1 is 1.24 bits per heavy atom. The van der Waals surface area contributed by atoms with E-state index in [2.05, 4.69) is 21.0 Å². The first-order chi connectivity index (χ1) is 8.45. The Morgan fingerprint density at radius 2 is 2.12 bits per heavy atom. The van der Waals surface area contributed by atoms with Crippen molar-refractivity contribution in [2.45, 2.75) is 38.1 Å². The van der Waals surface area contributed by atoms with Crippen LogP contribution in [0.25, 0.3) is 11.3 Å². The van der Waals surface area contributed by atoms with E-state index in [1.54, 1.807) is 4.88 Å². The quantitative estimate of drug-likeness (QED) is 0.738. The number of rotatable bonds is 1. The molecular formula is C14H16N2S. The number of nitrogens with zero attached hydrogens (tertiary/aromatic N) is 2. The van der Waals surface area contributed by atoms with Gasteiger partial charge in [-0.2, -0.15) is 0 Å². The maximum Gasteiger partial charge on any atom is 0.0957 e. The number of hydrogen-bond acceptors (Lipinski definition) is 2. The second kappa shape index (κ2) is 3.70. The Balaban J connectivity index is 1.81. The number of aromatic nitrogens is 2. The summed E-state index contributed by atoms with van der Waals surface area (Å²) < 4.78 is 2.41. The average Bonchev–Trinajstić information content (AvgIpc) is 3.01. The molecule has 2 nitrogen and oxygen atoms in total. The average molecular weight is 244 g/mol. The summed E-state index contributed by atoms with van der Waals surface area (Å²) in [7, 11) is 0. The normalized spacial score (nSPS) is 23.6. The van der Waals surface area contributed by atoms with Gasteiger partial charge < -0.3 is 4.57 Å². The highest BCUT2D eigenvalue weighted by molar-refractivity contribution is 7.10. The minimum absolute atomic E-state index is 0.586. The minimum Gasteiger partial charge on any atom is -0.322 e. The Morgan fingerprint density at radius 3 is 3.00 bits per heavy atom. The van der Waals surface area contributed by atoms with Crippen LogP contribution in [0.15, 0.2) is 24.0 Å². The van der Waals surface area contributed by atoms with Gasteiger partial charge in [-0.3, -0.25) is 0 Å². The van der Waals surface area contributed by atoms with Crippen molar-refractivity contribution >= 4 is 11.3 Å². The standard InChI is InChI=1S/C14H16N2S/c1-2-4-10(5-3-1)13-14-11(6-7-17-14)12-8-15-9-16(12)13/h6-10,13H,1-5H2/t13-/m1/s1. The van der Waals surface area contributed by atoms with Gasteiger partial charge in [0.25, 0.3) is 0 Å². The maximum absolute atomic E-state index is 4.33. The molecule has 0 aromatic carbocycles. The van der Waals surface area contributed by atoms with Crippen LogP contribution in [-0.2, 0) is 0 Å². The fourth-order valence-electron chi connectivity index (χ4n) is 3.51. The summed E-state index contributed by atoms with van der Waals surface area (Å²) in [5, 5.41) is 2.23. The summed E-state index contributed by atoms with van der Waals surface area (Å²) in [5.74, 6) is 0.830. The van der Waals surface area contributed by atoms with Crippen molar-refractivity contribution in [3.05, 3.63) is 28.8 Å². The van der Waals surface area contributed by atoms with E-state index in [4.69, 9.17) is 0 Å². The third-order valence-electron chi connectivity index (χ3n) is 4.30. The second-order valence-electron chi connectivity index (χ2n) is 5.23. The second-order valence-corrected chi connectivity index (χ2v) is 6.18. The molecule has 1 atom stereocenters. The predicted octanol–water partition coefficient (Wildman–Crippen LogP) is 4.09. The number of imidazole rings is 1. The van der Waals surface area contributed by atoms with Crippen molar-refractivity contribution in [1.82, 2.24) is 9.55 Å². The van der Waals surface area contributed by atoms with Gasteiger partial charge in [0.2, 0.25) is 0 Å². The molecule has 0 saturated heterocycles. The van der Waals surface area contributed by atoms with Crippen LogP contribution in [0.3, 0.4) is 0 Å². The first kappa shape index (κ1) is 9.89. The lowest BCUT2D eigenvalue weighted by Crippen LogP contribution is -2.19. The molecule has 2 aromatic heterocycles. The first-order valence-electron chi connectivity index (χ1n) is 6.55. The molecule has 1 fully saturated rings. The van der Waals surface area contributed by atoms with Gasteiger partial charge in [-0.1, -0.05) is 19.3 Å². The van der Waals surface area contributed by atoms with Crippen LogP contribution in [0, 0.1) is 5.92 Å². The van der Waals surface area contributed by atoms with Gasteiger partial charge in [0.05, 0.1) is 24.3 Å². The van der Waals surface area contributed by atoms with Gasteiger partial charge in [0, 0.05) is 10.4 Å². The summed E-state index contributed by atoms with van der Waals surface area (Å²) in [6.45, 7) is 0. The van der Waals surface area contributed by atoms with Crippen molar-refractivity contribution in [3.63, 3.8) is 0 Å². The molecule has 1 aliphatic carbocycles. The fourth-order valence-corrected chi connectivity index (χ4v) is 4.61. The minimum atomic E-state index is 0.586. The Hall–Kier alpha value is -1.09. The van der Waals surface area contributed by atoms with E-state index in [1.165, 1.54) is 43.4 Å². The van der Waals surface area contributed by atoms with Crippen molar-refractivity contribution in [2.75, 3.05) is 0 Å². The molecule has 1 saturated carbocycles. The zero-order chi connectivity index (χ0) is 11.2. The van der Waals surface area contributed by atoms with E-state index >= 15 is 0 Å². The van der Waals surface area contributed by atoms with Crippen molar-refractivity contribution in [1.29, 1.82) is 0 Å². The SMILES string of the molecule is c1cc2c(s1)[C@@H](C1CCCCC1)n1cncc1-2. The predicted molar refractivity (Wildman–Crippen MR) is 70.3 cm³/mol. The van der Waals surface area contributed by atoms with Gasteiger partial charge in [-0.25, -0.2) is 4.98 Å². The smallest absolute Gasteiger partial charge is 0.0957 e. The van der Waals surface area contributed by atoms with E-state index in [9.17, 15) is 0 Å². The van der Waals surface area contributed by atoms with Crippen LogP contribution >= 0.6 is 11.3 Å². The molecule has 0 spiro atoms. The molecule has 3 heterocycles. The fraction of sp³-hybridized carbons (Fsp3) is 0.500. The summed E-state index contributed by atoms with van der Waals surface area (Å²) >= 11 is 1.93. The van der Waals surface area contributed by atoms with Gasteiger partial charge in [-0.05, 0) is 30.2 Å². The third kappa shape index (κ3) is 1.35. The van der Waals surface area contributed by atoms with Crippen LogP contribution < -0.4 is 0 Å². The van der Waals surface area contributed by atoms with E-state index in [0.29, 0.717) is 6.04 Å². The largest absolute Gasteiger partial charge is 0.322 e.